The number of allylic oxidation sites excluding steroid dienone is 5. The van der Waals surface area contributed by atoms with Crippen LogP contribution < -0.4 is 0 Å². The van der Waals surface area contributed by atoms with E-state index in [0.29, 0.717) is 28.1 Å². The fraction of sp³-hybridized carbons (Fsp3) is 0.800. The highest BCUT2D eigenvalue weighted by atomic mass is 16.3. The molecular formula is C30H48O. The molecule has 0 aromatic carbocycles. The Labute approximate surface area is 192 Å². The van der Waals surface area contributed by atoms with Crippen molar-refractivity contribution in [3.63, 3.8) is 0 Å². The molecule has 0 aliphatic heterocycles. The first-order valence-electron chi connectivity index (χ1n) is 13.1. The number of hydrogen-bond acceptors (Lipinski definition) is 1. The van der Waals surface area contributed by atoms with Crippen molar-refractivity contribution in [2.75, 3.05) is 0 Å². The largest absolute Gasteiger partial charge is 0.393 e. The molecule has 8 atom stereocenters. The normalized spacial score (nSPS) is 47.3. The van der Waals surface area contributed by atoms with Crippen LogP contribution in [0.4, 0.5) is 0 Å². The lowest BCUT2D eigenvalue weighted by Gasteiger charge is -2.64. The third kappa shape index (κ3) is 3.27. The third-order valence-corrected chi connectivity index (χ3v) is 11.5. The summed E-state index contributed by atoms with van der Waals surface area (Å²) in [7, 11) is 0. The van der Waals surface area contributed by atoms with Crippen LogP contribution in [0.1, 0.15) is 99.8 Å². The topological polar surface area (TPSA) is 20.2 Å². The van der Waals surface area contributed by atoms with Crippen LogP contribution in [0.2, 0.25) is 0 Å². The van der Waals surface area contributed by atoms with E-state index in [1.165, 1.54) is 44.9 Å². The van der Waals surface area contributed by atoms with Crippen molar-refractivity contribution in [2.45, 2.75) is 106 Å². The van der Waals surface area contributed by atoms with Gasteiger partial charge in [-0.2, -0.15) is 0 Å². The summed E-state index contributed by atoms with van der Waals surface area (Å²) in [5, 5.41) is 10.8. The zero-order chi connectivity index (χ0) is 22.8. The van der Waals surface area contributed by atoms with Crippen LogP contribution in [0, 0.1) is 45.3 Å². The minimum Gasteiger partial charge on any atom is -0.393 e. The SMILES string of the molecule is C=C(C)/C=C/C[C@@H](C)[C@@H]1CC[C@]2(C)C3=CC[C@H]4C(C)(C)[C@@H](O)CC[C@]4(C)[C@H]3CC[C@@]12C. The van der Waals surface area contributed by atoms with Crippen LogP contribution in [-0.2, 0) is 0 Å². The number of aliphatic hydroxyl groups is 1. The Bertz CT molecular complexity index is 786. The van der Waals surface area contributed by atoms with E-state index >= 15 is 0 Å². The molecule has 0 aromatic heterocycles. The first-order valence-corrected chi connectivity index (χ1v) is 13.1. The van der Waals surface area contributed by atoms with Gasteiger partial charge in [-0.1, -0.05) is 77.5 Å². The minimum atomic E-state index is -0.145. The monoisotopic (exact) mass is 424 g/mol. The van der Waals surface area contributed by atoms with Gasteiger partial charge in [0.1, 0.15) is 0 Å². The predicted octanol–water partition coefficient (Wildman–Crippen LogP) is 8.11. The molecule has 31 heavy (non-hydrogen) atoms. The van der Waals surface area contributed by atoms with Gasteiger partial charge in [0.05, 0.1) is 6.10 Å². The summed E-state index contributed by atoms with van der Waals surface area (Å²) in [6.45, 7) is 21.1. The second kappa shape index (κ2) is 7.61. The molecule has 0 aromatic rings. The predicted molar refractivity (Wildman–Crippen MR) is 133 cm³/mol. The summed E-state index contributed by atoms with van der Waals surface area (Å²) < 4.78 is 0. The summed E-state index contributed by atoms with van der Waals surface area (Å²) in [5.74, 6) is 2.86. The molecule has 3 fully saturated rings. The summed E-state index contributed by atoms with van der Waals surface area (Å²) in [6, 6.07) is 0. The van der Waals surface area contributed by atoms with Crippen molar-refractivity contribution in [2.24, 2.45) is 45.3 Å². The second-order valence-corrected chi connectivity index (χ2v) is 13.3. The molecule has 0 bridgehead atoms. The molecule has 3 saturated carbocycles. The van der Waals surface area contributed by atoms with Crippen molar-refractivity contribution in [1.29, 1.82) is 0 Å². The van der Waals surface area contributed by atoms with Gasteiger partial charge in [0.25, 0.3) is 0 Å². The van der Waals surface area contributed by atoms with E-state index in [0.717, 1.165) is 23.8 Å². The Kier molecular flexibility index (Phi) is 5.73. The lowest BCUT2D eigenvalue weighted by Crippen LogP contribution is -2.58. The van der Waals surface area contributed by atoms with Gasteiger partial charge in [0.15, 0.2) is 0 Å². The van der Waals surface area contributed by atoms with Crippen molar-refractivity contribution in [3.05, 3.63) is 36.0 Å². The lowest BCUT2D eigenvalue weighted by molar-refractivity contribution is -0.131. The highest BCUT2D eigenvalue weighted by molar-refractivity contribution is 5.33. The van der Waals surface area contributed by atoms with Gasteiger partial charge in [-0.15, -0.1) is 0 Å². The van der Waals surface area contributed by atoms with Crippen LogP contribution >= 0.6 is 0 Å². The molecule has 174 valence electrons. The van der Waals surface area contributed by atoms with Gasteiger partial charge >= 0.3 is 0 Å². The quantitative estimate of drug-likeness (QED) is 0.357. The molecule has 4 rings (SSSR count). The molecule has 1 heteroatoms. The van der Waals surface area contributed by atoms with Crippen molar-refractivity contribution in [3.8, 4) is 0 Å². The summed E-state index contributed by atoms with van der Waals surface area (Å²) in [5.41, 5.74) is 4.12. The molecule has 1 nitrogen and oxygen atoms in total. The molecule has 0 heterocycles. The fourth-order valence-corrected chi connectivity index (χ4v) is 9.30. The van der Waals surface area contributed by atoms with E-state index in [2.05, 4.69) is 73.3 Å². The van der Waals surface area contributed by atoms with Crippen LogP contribution in [-0.4, -0.2) is 11.2 Å². The maximum atomic E-state index is 10.8. The average Bonchev–Trinajstić information content (AvgIpc) is 2.96. The van der Waals surface area contributed by atoms with Crippen molar-refractivity contribution >= 4 is 0 Å². The molecule has 0 spiro atoms. The van der Waals surface area contributed by atoms with Crippen molar-refractivity contribution < 1.29 is 5.11 Å². The maximum absolute atomic E-state index is 10.8. The Morgan fingerprint density at radius 1 is 1.13 bits per heavy atom. The summed E-state index contributed by atoms with van der Waals surface area (Å²) in [4.78, 5) is 0. The van der Waals surface area contributed by atoms with Gasteiger partial charge in [-0.3, -0.25) is 0 Å². The fourth-order valence-electron chi connectivity index (χ4n) is 9.30. The van der Waals surface area contributed by atoms with Crippen LogP contribution in [0.15, 0.2) is 36.0 Å². The van der Waals surface area contributed by atoms with Gasteiger partial charge in [0.2, 0.25) is 0 Å². The number of fused-ring (bicyclic) bond motifs is 5. The average molecular weight is 425 g/mol. The molecule has 0 unspecified atom stereocenters. The zero-order valence-corrected chi connectivity index (χ0v) is 21.4. The van der Waals surface area contributed by atoms with E-state index in [9.17, 15) is 5.11 Å². The van der Waals surface area contributed by atoms with E-state index in [1.54, 1.807) is 0 Å². The van der Waals surface area contributed by atoms with E-state index in [-0.39, 0.29) is 11.5 Å². The molecule has 1 N–H and O–H groups in total. The van der Waals surface area contributed by atoms with Crippen LogP contribution in [0.3, 0.4) is 0 Å². The first kappa shape index (κ1) is 23.3. The lowest BCUT2D eigenvalue weighted by atomic mass is 9.41. The minimum absolute atomic E-state index is 0.0268. The van der Waals surface area contributed by atoms with E-state index in [4.69, 9.17) is 0 Å². The number of aliphatic hydroxyl groups excluding tert-OH is 1. The Balaban J connectivity index is 1.64. The second-order valence-electron chi connectivity index (χ2n) is 13.3. The standard InChI is InChI=1S/C30H48O/c1-20(2)10-9-11-21(3)22-14-18-30(8)24-12-13-25-27(4,5)26(31)16-17-28(25,6)23(24)15-19-29(22,30)7/h9-10,12,21-23,25-26,31H,1,11,13-19H2,2-8H3/b10-9+/t21-,22+,23+,25+,26+,28-,29+,30-/m1/s1. The molecule has 0 amide bonds. The molecule has 0 radical (unpaired) electrons. The Hall–Kier alpha value is -0.820. The molecule has 4 aliphatic rings. The van der Waals surface area contributed by atoms with Crippen LogP contribution in [0.5, 0.6) is 0 Å². The number of rotatable bonds is 4. The number of hydrogen-bond donors (Lipinski definition) is 1. The first-order chi connectivity index (χ1) is 14.4. The van der Waals surface area contributed by atoms with E-state index in [1.807, 2.05) is 5.57 Å². The van der Waals surface area contributed by atoms with Gasteiger partial charge in [0, 0.05) is 0 Å². The Morgan fingerprint density at radius 2 is 1.84 bits per heavy atom. The van der Waals surface area contributed by atoms with Crippen molar-refractivity contribution in [1.82, 2.24) is 0 Å². The Morgan fingerprint density at radius 3 is 2.52 bits per heavy atom. The summed E-state index contributed by atoms with van der Waals surface area (Å²) >= 11 is 0. The van der Waals surface area contributed by atoms with Crippen LogP contribution in [0.25, 0.3) is 0 Å². The zero-order valence-electron chi connectivity index (χ0n) is 21.4. The highest BCUT2D eigenvalue weighted by Crippen LogP contribution is 2.73. The van der Waals surface area contributed by atoms with E-state index < -0.39 is 0 Å². The third-order valence-electron chi connectivity index (χ3n) is 11.5. The smallest absolute Gasteiger partial charge is 0.0594 e. The molecule has 4 aliphatic carbocycles. The van der Waals surface area contributed by atoms with Gasteiger partial charge in [-0.25, -0.2) is 0 Å². The maximum Gasteiger partial charge on any atom is 0.0594 e. The highest BCUT2D eigenvalue weighted by Gasteiger charge is 2.65. The van der Waals surface area contributed by atoms with Gasteiger partial charge < -0.3 is 5.11 Å². The molecular weight excluding hydrogens is 376 g/mol. The molecule has 0 saturated heterocycles. The summed E-state index contributed by atoms with van der Waals surface area (Å²) in [6.07, 6.45) is 17.1. The van der Waals surface area contributed by atoms with Gasteiger partial charge in [-0.05, 0) is 104 Å².